The average Bonchev–Trinajstić information content (AvgIpc) is 3.33. The summed E-state index contributed by atoms with van der Waals surface area (Å²) in [5.74, 6) is 0.271. The molecule has 1 atom stereocenters. The van der Waals surface area contributed by atoms with Crippen LogP contribution in [0.3, 0.4) is 0 Å². The van der Waals surface area contributed by atoms with Crippen molar-refractivity contribution >= 4 is 53.1 Å². The first-order chi connectivity index (χ1) is 13.4. The van der Waals surface area contributed by atoms with Gasteiger partial charge >= 0.3 is 0 Å². The number of aliphatic imine (C=N–C) groups is 1. The van der Waals surface area contributed by atoms with Crippen molar-refractivity contribution in [3.05, 3.63) is 29.0 Å². The first-order valence-corrected chi connectivity index (χ1v) is 10.3. The number of carbonyl (C=O) groups excluding carboxylic acids is 1. The number of anilines is 1. The lowest BCUT2D eigenvalue weighted by Crippen LogP contribution is -2.48. The van der Waals surface area contributed by atoms with Crippen molar-refractivity contribution < 1.29 is 9.18 Å². The Kier molecular flexibility index (Phi) is 9.26. The van der Waals surface area contributed by atoms with Crippen molar-refractivity contribution in [2.75, 3.05) is 38.6 Å². The van der Waals surface area contributed by atoms with Gasteiger partial charge in [0, 0.05) is 45.0 Å². The minimum absolute atomic E-state index is 0. The molecule has 1 heterocycles. The second-order valence-corrected chi connectivity index (χ2v) is 8.16. The highest BCUT2D eigenvalue weighted by molar-refractivity contribution is 14.0. The van der Waals surface area contributed by atoms with Crippen LogP contribution in [0.2, 0.25) is 5.02 Å². The highest BCUT2D eigenvalue weighted by atomic mass is 127. The number of rotatable bonds is 5. The molecule has 1 unspecified atom stereocenters. The van der Waals surface area contributed by atoms with Crippen LogP contribution in [0.25, 0.3) is 0 Å². The van der Waals surface area contributed by atoms with E-state index in [1.165, 1.54) is 18.9 Å². The Morgan fingerprint density at radius 3 is 2.59 bits per heavy atom. The number of nitrogens with one attached hydrogen (secondary N) is 2. The molecule has 6 nitrogen and oxygen atoms in total. The van der Waals surface area contributed by atoms with Gasteiger partial charge in [-0.05, 0) is 37.5 Å². The van der Waals surface area contributed by atoms with Gasteiger partial charge in [0.15, 0.2) is 5.96 Å². The molecule has 9 heteroatoms. The number of hydrogen-bond acceptors (Lipinski definition) is 3. The Bertz CT molecular complexity index is 727. The van der Waals surface area contributed by atoms with Crippen LogP contribution in [-0.4, -0.2) is 62.6 Å². The van der Waals surface area contributed by atoms with E-state index in [9.17, 15) is 9.18 Å². The molecule has 1 aliphatic heterocycles. The minimum Gasteiger partial charge on any atom is -0.369 e. The predicted octanol–water partition coefficient (Wildman–Crippen LogP) is 3.24. The summed E-state index contributed by atoms with van der Waals surface area (Å²) in [7, 11) is 3.47. The van der Waals surface area contributed by atoms with E-state index in [0.717, 1.165) is 38.0 Å². The summed E-state index contributed by atoms with van der Waals surface area (Å²) >= 11 is 5.92. The number of carbonyl (C=O) groups is 1. The Labute approximate surface area is 194 Å². The van der Waals surface area contributed by atoms with Crippen LogP contribution in [0.1, 0.15) is 32.1 Å². The van der Waals surface area contributed by atoms with Gasteiger partial charge in [0.25, 0.3) is 0 Å². The van der Waals surface area contributed by atoms with Gasteiger partial charge in [-0.15, -0.1) is 24.0 Å². The molecule has 1 amide bonds. The third-order valence-electron chi connectivity index (χ3n) is 5.36. The number of benzene rings is 1. The van der Waals surface area contributed by atoms with Crippen LogP contribution in [0.5, 0.6) is 0 Å². The maximum Gasteiger partial charge on any atom is 0.243 e. The lowest BCUT2D eigenvalue weighted by Gasteiger charge is -2.22. The molecule has 1 saturated heterocycles. The third kappa shape index (κ3) is 6.87. The number of likely N-dealkylation sites (N-methyl/N-ethyl adjacent to an activating group) is 1. The van der Waals surface area contributed by atoms with Gasteiger partial charge in [-0.1, -0.05) is 24.4 Å². The highest BCUT2D eigenvalue weighted by Crippen LogP contribution is 2.25. The van der Waals surface area contributed by atoms with Gasteiger partial charge in [-0.25, -0.2) is 9.38 Å². The third-order valence-corrected chi connectivity index (χ3v) is 5.65. The van der Waals surface area contributed by atoms with Crippen LogP contribution in [-0.2, 0) is 4.79 Å². The second-order valence-electron chi connectivity index (χ2n) is 7.75. The first-order valence-electron chi connectivity index (χ1n) is 9.90. The fourth-order valence-electron chi connectivity index (χ4n) is 3.67. The Morgan fingerprint density at radius 1 is 1.24 bits per heavy atom. The zero-order valence-corrected chi connectivity index (χ0v) is 20.0. The van der Waals surface area contributed by atoms with E-state index in [0.29, 0.717) is 12.0 Å². The molecule has 3 rings (SSSR count). The Balaban J connectivity index is 0.00000300. The monoisotopic (exact) mass is 537 g/mol. The molecule has 1 aromatic rings. The highest BCUT2D eigenvalue weighted by Gasteiger charge is 2.25. The van der Waals surface area contributed by atoms with Crippen LogP contribution >= 0.6 is 35.6 Å². The summed E-state index contributed by atoms with van der Waals surface area (Å²) in [6.45, 7) is 1.75. The lowest BCUT2D eigenvalue weighted by atomic mass is 10.2. The zero-order chi connectivity index (χ0) is 20.1. The first kappa shape index (κ1) is 24.0. The Hall–Kier alpha value is -1.29. The Morgan fingerprint density at radius 2 is 1.93 bits per heavy atom. The fraction of sp³-hybridized carbons (Fsp3) is 0.600. The maximum atomic E-state index is 13.4. The smallest absolute Gasteiger partial charge is 0.243 e. The van der Waals surface area contributed by atoms with E-state index in [1.807, 2.05) is 0 Å². The molecule has 1 saturated carbocycles. The van der Waals surface area contributed by atoms with Crippen molar-refractivity contribution in [3.63, 3.8) is 0 Å². The number of nitrogens with zero attached hydrogens (tertiary/aromatic N) is 3. The molecule has 2 N–H and O–H groups in total. The van der Waals surface area contributed by atoms with Crippen LogP contribution in [0.4, 0.5) is 10.1 Å². The van der Waals surface area contributed by atoms with E-state index in [-0.39, 0.29) is 47.5 Å². The second kappa shape index (κ2) is 11.2. The van der Waals surface area contributed by atoms with Crippen LogP contribution in [0.15, 0.2) is 23.2 Å². The molecular formula is C20H30ClFIN5O. The number of halogens is 3. The molecule has 1 aliphatic carbocycles. The molecular weight excluding hydrogens is 508 g/mol. The van der Waals surface area contributed by atoms with E-state index in [2.05, 4.69) is 20.5 Å². The fourth-order valence-corrected chi connectivity index (χ4v) is 3.85. The normalized spacial score (nSPS) is 19.8. The molecule has 2 aliphatic rings. The molecule has 162 valence electrons. The zero-order valence-electron chi connectivity index (χ0n) is 17.0. The van der Waals surface area contributed by atoms with Crippen molar-refractivity contribution in [1.29, 1.82) is 0 Å². The van der Waals surface area contributed by atoms with Gasteiger partial charge in [-0.2, -0.15) is 0 Å². The van der Waals surface area contributed by atoms with Crippen molar-refractivity contribution in [1.82, 2.24) is 15.5 Å². The summed E-state index contributed by atoms with van der Waals surface area (Å²) in [4.78, 5) is 20.2. The van der Waals surface area contributed by atoms with E-state index >= 15 is 0 Å². The summed E-state index contributed by atoms with van der Waals surface area (Å²) in [5.41, 5.74) is 0.917. The molecule has 0 radical (unpaired) electrons. The van der Waals surface area contributed by atoms with E-state index < -0.39 is 5.82 Å². The quantitative estimate of drug-likeness (QED) is 0.344. The summed E-state index contributed by atoms with van der Waals surface area (Å²) in [5, 5.41) is 7.11. The molecule has 29 heavy (non-hydrogen) atoms. The number of amides is 1. The van der Waals surface area contributed by atoms with Crippen LogP contribution < -0.4 is 15.5 Å². The van der Waals surface area contributed by atoms with Crippen molar-refractivity contribution in [3.8, 4) is 0 Å². The predicted molar refractivity (Wildman–Crippen MR) is 127 cm³/mol. The topological polar surface area (TPSA) is 60.0 Å². The van der Waals surface area contributed by atoms with Crippen LogP contribution in [0, 0.1) is 5.82 Å². The van der Waals surface area contributed by atoms with Gasteiger partial charge in [-0.3, -0.25) is 4.79 Å². The number of hydrogen-bond donors (Lipinski definition) is 2. The molecule has 2 fully saturated rings. The SMILES string of the molecule is CN(C)C(=O)CN=C(NC1CCCC1)NC1CCN(c2ccc(F)c(Cl)c2)C1.I. The van der Waals surface area contributed by atoms with Gasteiger partial charge < -0.3 is 20.4 Å². The average molecular weight is 538 g/mol. The van der Waals surface area contributed by atoms with E-state index in [1.54, 1.807) is 31.1 Å². The van der Waals surface area contributed by atoms with Gasteiger partial charge in [0.05, 0.1) is 5.02 Å². The van der Waals surface area contributed by atoms with Crippen molar-refractivity contribution in [2.24, 2.45) is 4.99 Å². The minimum atomic E-state index is -0.403. The van der Waals surface area contributed by atoms with Crippen molar-refractivity contribution in [2.45, 2.75) is 44.2 Å². The molecule has 0 spiro atoms. The summed E-state index contributed by atoms with van der Waals surface area (Å²) in [6, 6.07) is 5.44. The molecule has 0 bridgehead atoms. The summed E-state index contributed by atoms with van der Waals surface area (Å²) in [6.07, 6.45) is 5.65. The standard InChI is InChI=1S/C20H29ClFN5O.HI/c1-26(2)19(28)12-23-20(24-14-5-3-4-6-14)25-15-9-10-27(13-15)16-7-8-18(22)17(21)11-16;/h7-8,11,14-15H,3-6,9-10,12-13H2,1-2H3,(H2,23,24,25);1H. The molecule has 0 aromatic heterocycles. The molecule has 1 aromatic carbocycles. The largest absolute Gasteiger partial charge is 0.369 e. The van der Waals surface area contributed by atoms with E-state index in [4.69, 9.17) is 11.6 Å². The maximum absolute atomic E-state index is 13.4. The lowest BCUT2D eigenvalue weighted by molar-refractivity contribution is -0.127. The number of guanidine groups is 1. The summed E-state index contributed by atoms with van der Waals surface area (Å²) < 4.78 is 13.4. The van der Waals surface area contributed by atoms with Gasteiger partial charge in [0.1, 0.15) is 12.4 Å². The van der Waals surface area contributed by atoms with Gasteiger partial charge in [0.2, 0.25) is 5.91 Å².